The van der Waals surface area contributed by atoms with Gasteiger partial charge in [0, 0.05) is 23.2 Å². The molecule has 0 bridgehead atoms. The van der Waals surface area contributed by atoms with Crippen LogP contribution in [0.5, 0.6) is 0 Å². The molecule has 4 heteroatoms. The molecule has 100 valence electrons. The van der Waals surface area contributed by atoms with Crippen molar-refractivity contribution in [3.05, 3.63) is 34.3 Å². The molecular formula is C14H21ClN2S. The topological polar surface area (TPSA) is 29.3 Å². The van der Waals surface area contributed by atoms with E-state index >= 15 is 0 Å². The molecule has 2 N–H and O–H groups in total. The summed E-state index contributed by atoms with van der Waals surface area (Å²) in [4.78, 5) is 2.68. The average molecular weight is 285 g/mol. The predicted octanol–water partition coefficient (Wildman–Crippen LogP) is 3.45. The third-order valence-electron chi connectivity index (χ3n) is 3.42. The van der Waals surface area contributed by atoms with Crippen molar-refractivity contribution >= 4 is 28.8 Å². The lowest BCUT2D eigenvalue weighted by atomic mass is 10.0. The van der Waals surface area contributed by atoms with Gasteiger partial charge in [-0.3, -0.25) is 4.90 Å². The molecule has 1 unspecified atom stereocenters. The van der Waals surface area contributed by atoms with Gasteiger partial charge in [0.2, 0.25) is 0 Å². The summed E-state index contributed by atoms with van der Waals surface area (Å²) in [6, 6.07) is 6.28. The second-order valence-electron chi connectivity index (χ2n) is 5.07. The Balaban J connectivity index is 2.83. The van der Waals surface area contributed by atoms with Gasteiger partial charge in [-0.2, -0.15) is 0 Å². The highest BCUT2D eigenvalue weighted by Crippen LogP contribution is 2.21. The van der Waals surface area contributed by atoms with Crippen molar-refractivity contribution in [3.8, 4) is 0 Å². The lowest BCUT2D eigenvalue weighted by molar-refractivity contribution is 0.200. The van der Waals surface area contributed by atoms with Crippen LogP contribution in [0.25, 0.3) is 0 Å². The molecule has 2 nitrogen and oxygen atoms in total. The molecule has 0 heterocycles. The number of halogens is 1. The molecule has 18 heavy (non-hydrogen) atoms. The quantitative estimate of drug-likeness (QED) is 0.840. The second kappa shape index (κ2) is 6.50. The number of benzene rings is 1. The smallest absolute Gasteiger partial charge is 0.104 e. The normalized spacial score (nSPS) is 13.1. The third kappa shape index (κ3) is 3.94. The van der Waals surface area contributed by atoms with Crippen LogP contribution in [0.3, 0.4) is 0 Å². The molecule has 1 aromatic rings. The number of hydrogen-bond acceptors (Lipinski definition) is 2. The Hall–Kier alpha value is -0.640. The van der Waals surface area contributed by atoms with Crippen molar-refractivity contribution in [2.45, 2.75) is 33.4 Å². The fraction of sp³-hybridized carbons (Fsp3) is 0.500. The standard InChI is InChI=1S/C14H21ClN2S/c1-9(2)10(3)17(4)8-12-6-5-11(14(16)18)7-13(12)15/h5-7,9-10H,8H2,1-4H3,(H2,16,18). The summed E-state index contributed by atoms with van der Waals surface area (Å²) in [5.74, 6) is 0.615. The first kappa shape index (κ1) is 15.4. The van der Waals surface area contributed by atoms with E-state index in [1.807, 2.05) is 18.2 Å². The monoisotopic (exact) mass is 284 g/mol. The van der Waals surface area contributed by atoms with Crippen molar-refractivity contribution in [2.24, 2.45) is 11.7 Å². The number of thiocarbonyl (C=S) groups is 1. The van der Waals surface area contributed by atoms with Gasteiger partial charge in [0.15, 0.2) is 0 Å². The summed E-state index contributed by atoms with van der Waals surface area (Å²) in [7, 11) is 2.11. The maximum Gasteiger partial charge on any atom is 0.104 e. The van der Waals surface area contributed by atoms with E-state index in [4.69, 9.17) is 29.6 Å². The van der Waals surface area contributed by atoms with Gasteiger partial charge >= 0.3 is 0 Å². The molecule has 1 aromatic carbocycles. The zero-order valence-electron chi connectivity index (χ0n) is 11.4. The lowest BCUT2D eigenvalue weighted by Crippen LogP contribution is -2.32. The molecule has 0 aromatic heterocycles. The maximum atomic E-state index is 6.26. The van der Waals surface area contributed by atoms with Crippen LogP contribution in [0.15, 0.2) is 18.2 Å². The van der Waals surface area contributed by atoms with Crippen LogP contribution >= 0.6 is 23.8 Å². The second-order valence-corrected chi connectivity index (χ2v) is 5.92. The summed E-state index contributed by atoms with van der Waals surface area (Å²) in [6.45, 7) is 7.50. The Bertz CT molecular complexity index is 432. The molecule has 0 saturated carbocycles. The van der Waals surface area contributed by atoms with E-state index in [-0.39, 0.29) is 0 Å². The van der Waals surface area contributed by atoms with Crippen molar-refractivity contribution in [1.29, 1.82) is 0 Å². The maximum absolute atomic E-state index is 6.26. The number of nitrogens with two attached hydrogens (primary N) is 1. The Morgan fingerprint density at radius 3 is 2.44 bits per heavy atom. The third-order valence-corrected chi connectivity index (χ3v) is 4.00. The Labute approximate surface area is 120 Å². The van der Waals surface area contributed by atoms with Gasteiger partial charge in [-0.05, 0) is 31.5 Å². The molecule has 1 rings (SSSR count). The Morgan fingerprint density at radius 1 is 1.39 bits per heavy atom. The van der Waals surface area contributed by atoms with E-state index in [2.05, 4.69) is 32.7 Å². The predicted molar refractivity (Wildman–Crippen MR) is 83.1 cm³/mol. The molecule has 0 saturated heterocycles. The van der Waals surface area contributed by atoms with Gasteiger partial charge in [-0.25, -0.2) is 0 Å². The van der Waals surface area contributed by atoms with Gasteiger partial charge in [0.1, 0.15) is 4.99 Å². The molecule has 1 atom stereocenters. The summed E-state index contributed by atoms with van der Waals surface area (Å²) in [5, 5.41) is 0.725. The minimum absolute atomic E-state index is 0.382. The zero-order valence-corrected chi connectivity index (χ0v) is 13.0. The minimum Gasteiger partial charge on any atom is -0.389 e. The highest BCUT2D eigenvalue weighted by molar-refractivity contribution is 7.80. The molecule has 0 aliphatic rings. The van der Waals surface area contributed by atoms with Gasteiger partial charge < -0.3 is 5.73 Å². The SMILES string of the molecule is CC(C)C(C)N(C)Cc1ccc(C(N)=S)cc1Cl. The van der Waals surface area contributed by atoms with Gasteiger partial charge in [0.05, 0.1) is 0 Å². The Kier molecular flexibility index (Phi) is 5.57. The van der Waals surface area contributed by atoms with Crippen LogP contribution in [0.1, 0.15) is 31.9 Å². The summed E-state index contributed by atoms with van der Waals surface area (Å²) in [6.07, 6.45) is 0. The van der Waals surface area contributed by atoms with Gasteiger partial charge in [-0.1, -0.05) is 49.8 Å². The fourth-order valence-corrected chi connectivity index (χ4v) is 2.12. The van der Waals surface area contributed by atoms with Crippen LogP contribution in [-0.4, -0.2) is 23.0 Å². The van der Waals surface area contributed by atoms with Crippen molar-refractivity contribution in [2.75, 3.05) is 7.05 Å². The first-order valence-electron chi connectivity index (χ1n) is 6.11. The van der Waals surface area contributed by atoms with E-state index in [1.54, 1.807) is 0 Å². The number of nitrogens with zero attached hydrogens (tertiary/aromatic N) is 1. The fourth-order valence-electron chi connectivity index (χ4n) is 1.75. The molecule has 0 amide bonds. The van der Waals surface area contributed by atoms with Crippen LogP contribution in [0.4, 0.5) is 0 Å². The van der Waals surface area contributed by atoms with Gasteiger partial charge in [0.25, 0.3) is 0 Å². The molecular weight excluding hydrogens is 264 g/mol. The molecule has 0 fully saturated rings. The number of rotatable bonds is 5. The Morgan fingerprint density at radius 2 is 2.00 bits per heavy atom. The van der Waals surface area contributed by atoms with E-state index in [0.717, 1.165) is 22.7 Å². The van der Waals surface area contributed by atoms with Crippen LogP contribution in [0, 0.1) is 5.92 Å². The van der Waals surface area contributed by atoms with E-state index in [9.17, 15) is 0 Å². The average Bonchev–Trinajstić information content (AvgIpc) is 2.30. The zero-order chi connectivity index (χ0) is 13.9. The summed E-state index contributed by atoms with van der Waals surface area (Å²) in [5.41, 5.74) is 7.51. The minimum atomic E-state index is 0.382. The van der Waals surface area contributed by atoms with Crippen molar-refractivity contribution in [1.82, 2.24) is 4.90 Å². The first-order chi connectivity index (χ1) is 8.32. The number of hydrogen-bond donors (Lipinski definition) is 1. The highest BCUT2D eigenvalue weighted by Gasteiger charge is 2.14. The lowest BCUT2D eigenvalue weighted by Gasteiger charge is -2.28. The largest absolute Gasteiger partial charge is 0.389 e. The summed E-state index contributed by atoms with van der Waals surface area (Å²) >= 11 is 11.2. The highest BCUT2D eigenvalue weighted by atomic mass is 35.5. The molecule has 0 aliphatic heterocycles. The van der Waals surface area contributed by atoms with Crippen molar-refractivity contribution in [3.63, 3.8) is 0 Å². The van der Waals surface area contributed by atoms with Gasteiger partial charge in [-0.15, -0.1) is 0 Å². The van der Waals surface area contributed by atoms with Crippen LogP contribution in [-0.2, 0) is 6.54 Å². The van der Waals surface area contributed by atoms with Crippen molar-refractivity contribution < 1.29 is 0 Å². The molecule has 0 radical (unpaired) electrons. The molecule has 0 spiro atoms. The molecule has 0 aliphatic carbocycles. The van der Waals surface area contributed by atoms with E-state index in [1.165, 1.54) is 0 Å². The van der Waals surface area contributed by atoms with E-state index < -0.39 is 0 Å². The summed E-state index contributed by atoms with van der Waals surface area (Å²) < 4.78 is 0. The van der Waals surface area contributed by atoms with Crippen LogP contribution in [0.2, 0.25) is 5.02 Å². The van der Waals surface area contributed by atoms with E-state index in [0.29, 0.717) is 16.9 Å². The first-order valence-corrected chi connectivity index (χ1v) is 6.90. The van der Waals surface area contributed by atoms with Crippen LogP contribution < -0.4 is 5.73 Å².